The molecule has 0 aromatic carbocycles. The number of aryl methyl sites for hydroxylation is 2. The number of nitrogens with zero attached hydrogens (tertiary/aromatic N) is 2. The third-order valence-corrected chi connectivity index (χ3v) is 1.26. The summed E-state index contributed by atoms with van der Waals surface area (Å²) in [5.41, 5.74) is 1.91. The molecule has 0 radical (unpaired) electrons. The molecule has 0 N–H and O–H groups in total. The second-order valence-electron chi connectivity index (χ2n) is 1.94. The van der Waals surface area contributed by atoms with Crippen molar-refractivity contribution in [3.8, 4) is 12.3 Å². The van der Waals surface area contributed by atoms with Gasteiger partial charge in [0.2, 0.25) is 0 Å². The number of terminal acetylenes is 1. The number of rotatable bonds is 0. The van der Waals surface area contributed by atoms with Crippen molar-refractivity contribution in [2.75, 3.05) is 0 Å². The van der Waals surface area contributed by atoms with Crippen LogP contribution >= 0.6 is 0 Å². The van der Waals surface area contributed by atoms with Crippen LogP contribution in [0.25, 0.3) is 0 Å². The van der Waals surface area contributed by atoms with Gasteiger partial charge < -0.3 is 0 Å². The van der Waals surface area contributed by atoms with E-state index in [9.17, 15) is 0 Å². The van der Waals surface area contributed by atoms with Crippen molar-refractivity contribution in [3.05, 3.63) is 17.5 Å². The monoisotopic (exact) mass is 120 g/mol. The third kappa shape index (κ3) is 0.812. The summed E-state index contributed by atoms with van der Waals surface area (Å²) in [5.74, 6) is 2.54. The molecule has 2 nitrogen and oxygen atoms in total. The van der Waals surface area contributed by atoms with E-state index in [0.29, 0.717) is 0 Å². The van der Waals surface area contributed by atoms with Crippen LogP contribution in [-0.4, -0.2) is 9.78 Å². The largest absolute Gasteiger partial charge is 0.260 e. The Bertz CT molecular complexity index is 233. The molecule has 0 spiro atoms. The van der Waals surface area contributed by atoms with Gasteiger partial charge in [-0.1, -0.05) is 5.92 Å². The Kier molecular flexibility index (Phi) is 1.27. The summed E-state index contributed by atoms with van der Waals surface area (Å²) in [4.78, 5) is 0. The molecule has 1 rings (SSSR count). The minimum absolute atomic E-state index is 0.856. The molecule has 0 saturated carbocycles. The van der Waals surface area contributed by atoms with Gasteiger partial charge in [-0.3, -0.25) is 4.68 Å². The van der Waals surface area contributed by atoms with E-state index < -0.39 is 0 Å². The van der Waals surface area contributed by atoms with Crippen molar-refractivity contribution in [1.82, 2.24) is 9.78 Å². The van der Waals surface area contributed by atoms with Crippen LogP contribution in [0.3, 0.4) is 0 Å². The molecule has 0 aliphatic heterocycles. The van der Waals surface area contributed by atoms with Crippen LogP contribution in [0.2, 0.25) is 0 Å². The predicted octanol–water partition coefficient (Wildman–Crippen LogP) is 0.710. The fourth-order valence-corrected chi connectivity index (χ4v) is 0.755. The fraction of sp³-hybridized carbons (Fsp3) is 0.286. The number of hydrogen-bond acceptors (Lipinski definition) is 1. The van der Waals surface area contributed by atoms with E-state index in [0.717, 1.165) is 11.3 Å². The molecule has 2 heteroatoms. The molecule has 0 bridgehead atoms. The van der Waals surface area contributed by atoms with Crippen molar-refractivity contribution < 1.29 is 0 Å². The van der Waals surface area contributed by atoms with Crippen molar-refractivity contribution >= 4 is 0 Å². The maximum atomic E-state index is 5.19. The minimum Gasteiger partial charge on any atom is -0.260 e. The molecule has 1 heterocycles. The highest BCUT2D eigenvalue weighted by Gasteiger charge is 1.97. The normalized spacial score (nSPS) is 9.00. The van der Waals surface area contributed by atoms with Gasteiger partial charge in [0.1, 0.15) is 5.69 Å². The fourth-order valence-electron chi connectivity index (χ4n) is 0.755. The Hall–Kier alpha value is -1.23. The maximum absolute atomic E-state index is 5.19. The zero-order valence-corrected chi connectivity index (χ0v) is 5.55. The van der Waals surface area contributed by atoms with Crippen LogP contribution in [0.15, 0.2) is 6.20 Å². The van der Waals surface area contributed by atoms with E-state index in [1.54, 1.807) is 10.9 Å². The topological polar surface area (TPSA) is 17.8 Å². The van der Waals surface area contributed by atoms with Gasteiger partial charge in [-0.25, -0.2) is 0 Å². The molecule has 1 aromatic rings. The van der Waals surface area contributed by atoms with Crippen molar-refractivity contribution in [2.45, 2.75) is 6.92 Å². The lowest BCUT2D eigenvalue weighted by atomic mass is 10.3. The van der Waals surface area contributed by atoms with E-state index in [2.05, 4.69) is 11.0 Å². The van der Waals surface area contributed by atoms with Gasteiger partial charge in [0.15, 0.2) is 0 Å². The maximum Gasteiger partial charge on any atom is 0.113 e. The lowest BCUT2D eigenvalue weighted by molar-refractivity contribution is 0.757. The predicted molar refractivity (Wildman–Crippen MR) is 35.9 cm³/mol. The van der Waals surface area contributed by atoms with Crippen LogP contribution in [0.5, 0.6) is 0 Å². The molecule has 0 amide bonds. The molecule has 46 valence electrons. The van der Waals surface area contributed by atoms with Gasteiger partial charge in [0.25, 0.3) is 0 Å². The molecule has 0 unspecified atom stereocenters. The SMILES string of the molecule is C#Cc1c(C)cnn1C. The number of hydrogen-bond donors (Lipinski definition) is 0. The van der Waals surface area contributed by atoms with Crippen molar-refractivity contribution in [3.63, 3.8) is 0 Å². The third-order valence-electron chi connectivity index (χ3n) is 1.26. The lowest BCUT2D eigenvalue weighted by Gasteiger charge is -1.90. The average Bonchev–Trinajstić information content (AvgIpc) is 2.12. The van der Waals surface area contributed by atoms with E-state index in [-0.39, 0.29) is 0 Å². The smallest absolute Gasteiger partial charge is 0.113 e. The summed E-state index contributed by atoms with van der Waals surface area (Å²) in [5, 5.41) is 3.96. The van der Waals surface area contributed by atoms with E-state index in [1.165, 1.54) is 0 Å². The molecule has 9 heavy (non-hydrogen) atoms. The highest BCUT2D eigenvalue weighted by atomic mass is 15.3. The van der Waals surface area contributed by atoms with Crippen LogP contribution in [0.1, 0.15) is 11.3 Å². The molecule has 0 fully saturated rings. The molecule has 0 atom stereocenters. The van der Waals surface area contributed by atoms with Gasteiger partial charge in [-0.15, -0.1) is 6.42 Å². The first-order chi connectivity index (χ1) is 4.25. The van der Waals surface area contributed by atoms with Gasteiger partial charge >= 0.3 is 0 Å². The van der Waals surface area contributed by atoms with E-state index in [4.69, 9.17) is 6.42 Å². The summed E-state index contributed by atoms with van der Waals surface area (Å²) < 4.78 is 1.69. The standard InChI is InChI=1S/C7H8N2/c1-4-7-6(2)5-8-9(7)3/h1,5H,2-3H3. The molecular formula is C7H8N2. The Morgan fingerprint density at radius 2 is 2.44 bits per heavy atom. The zero-order chi connectivity index (χ0) is 6.85. The molecule has 0 saturated heterocycles. The van der Waals surface area contributed by atoms with Crippen LogP contribution in [0.4, 0.5) is 0 Å². The Morgan fingerprint density at radius 1 is 1.78 bits per heavy atom. The Balaban J connectivity index is 3.27. The first-order valence-corrected chi connectivity index (χ1v) is 2.71. The molecule has 1 aromatic heterocycles. The summed E-state index contributed by atoms with van der Waals surface area (Å²) in [7, 11) is 1.84. The van der Waals surface area contributed by atoms with Gasteiger partial charge in [-0.05, 0) is 6.92 Å². The number of aromatic nitrogens is 2. The summed E-state index contributed by atoms with van der Waals surface area (Å²) in [6.07, 6.45) is 6.94. The van der Waals surface area contributed by atoms with Crippen molar-refractivity contribution in [2.24, 2.45) is 7.05 Å². The van der Waals surface area contributed by atoms with Gasteiger partial charge in [0, 0.05) is 12.6 Å². The Labute approximate surface area is 54.5 Å². The lowest BCUT2D eigenvalue weighted by Crippen LogP contribution is -1.93. The molecule has 0 aliphatic carbocycles. The van der Waals surface area contributed by atoms with Crippen LogP contribution in [0, 0.1) is 19.3 Å². The molecule has 0 aliphatic rings. The zero-order valence-electron chi connectivity index (χ0n) is 5.55. The first kappa shape index (κ1) is 5.90. The first-order valence-electron chi connectivity index (χ1n) is 2.71. The summed E-state index contributed by atoms with van der Waals surface area (Å²) in [6, 6.07) is 0. The van der Waals surface area contributed by atoms with Gasteiger partial charge in [-0.2, -0.15) is 5.10 Å². The van der Waals surface area contributed by atoms with Crippen LogP contribution < -0.4 is 0 Å². The quantitative estimate of drug-likeness (QED) is 0.461. The second kappa shape index (κ2) is 1.94. The van der Waals surface area contributed by atoms with Crippen LogP contribution in [-0.2, 0) is 7.05 Å². The highest BCUT2D eigenvalue weighted by Crippen LogP contribution is 2.01. The minimum atomic E-state index is 0.856. The van der Waals surface area contributed by atoms with E-state index in [1.807, 2.05) is 14.0 Å². The summed E-state index contributed by atoms with van der Waals surface area (Å²) in [6.45, 7) is 1.95. The average molecular weight is 120 g/mol. The highest BCUT2D eigenvalue weighted by molar-refractivity contribution is 5.31. The van der Waals surface area contributed by atoms with E-state index >= 15 is 0 Å². The summed E-state index contributed by atoms with van der Waals surface area (Å²) >= 11 is 0. The second-order valence-corrected chi connectivity index (χ2v) is 1.94. The molecular weight excluding hydrogens is 112 g/mol. The van der Waals surface area contributed by atoms with Gasteiger partial charge in [0.05, 0.1) is 6.20 Å². The van der Waals surface area contributed by atoms with Crippen molar-refractivity contribution in [1.29, 1.82) is 0 Å². The Morgan fingerprint density at radius 3 is 2.67 bits per heavy atom.